The number of ether oxygens (including phenoxy) is 1. The highest BCUT2D eigenvalue weighted by Gasteiger charge is 2.11. The number of methoxy groups -OCH3 is 1. The fourth-order valence-electron chi connectivity index (χ4n) is 2.97. The van der Waals surface area contributed by atoms with Crippen LogP contribution in [0, 0.1) is 0 Å². The van der Waals surface area contributed by atoms with E-state index >= 15 is 0 Å². The molecule has 156 valence electrons. The van der Waals surface area contributed by atoms with Gasteiger partial charge in [0, 0.05) is 17.7 Å². The number of carbonyl (C=O) groups excluding carboxylic acids is 1. The molecule has 0 bridgehead atoms. The van der Waals surface area contributed by atoms with E-state index < -0.39 is 0 Å². The highest BCUT2D eigenvalue weighted by atomic mass is 79.9. The van der Waals surface area contributed by atoms with Gasteiger partial charge in [-0.15, -0.1) is 11.3 Å². The molecule has 0 radical (unpaired) electrons. The van der Waals surface area contributed by atoms with E-state index in [1.807, 2.05) is 42.5 Å². The average Bonchev–Trinajstić information content (AvgIpc) is 3.22. The number of aromatic nitrogens is 1. The number of benzene rings is 3. The van der Waals surface area contributed by atoms with Crippen molar-refractivity contribution in [3.8, 4) is 16.3 Å². The zero-order valence-electron chi connectivity index (χ0n) is 16.5. The van der Waals surface area contributed by atoms with Gasteiger partial charge in [0.15, 0.2) is 5.11 Å². The first-order valence-electron chi connectivity index (χ1n) is 9.41. The van der Waals surface area contributed by atoms with Gasteiger partial charge in [0.25, 0.3) is 5.91 Å². The van der Waals surface area contributed by atoms with Crippen LogP contribution in [0.1, 0.15) is 15.9 Å². The summed E-state index contributed by atoms with van der Waals surface area (Å²) in [6.07, 6.45) is 0. The van der Waals surface area contributed by atoms with E-state index in [9.17, 15) is 4.79 Å². The molecule has 5 nitrogen and oxygen atoms in total. The molecular weight excluding hydrogens is 494 g/mol. The van der Waals surface area contributed by atoms with Gasteiger partial charge in [0.1, 0.15) is 10.8 Å². The zero-order chi connectivity index (χ0) is 21.8. The van der Waals surface area contributed by atoms with E-state index in [1.165, 1.54) is 4.70 Å². The fraction of sp³-hybridized carbons (Fsp3) is 0.0870. The first-order valence-corrected chi connectivity index (χ1v) is 11.4. The van der Waals surface area contributed by atoms with Crippen LogP contribution in [0.4, 0.5) is 0 Å². The Hall–Kier alpha value is -2.81. The standard InChI is InChI=1S/C23H18BrN3O2S2/c1-29-19-11-10-16(12-17(19)24)21(28)27-23(30)25-13-14-6-8-15(9-7-14)22-26-18-4-2-3-5-20(18)31-22/h2-12H,13H2,1H3,(H2,25,27,28,30). The summed E-state index contributed by atoms with van der Waals surface area (Å²) < 4.78 is 7.06. The highest BCUT2D eigenvalue weighted by molar-refractivity contribution is 9.10. The minimum atomic E-state index is -0.285. The lowest BCUT2D eigenvalue weighted by atomic mass is 10.1. The maximum absolute atomic E-state index is 12.4. The lowest BCUT2D eigenvalue weighted by Gasteiger charge is -2.11. The topological polar surface area (TPSA) is 63.2 Å². The molecule has 8 heteroatoms. The molecule has 4 rings (SSSR count). The van der Waals surface area contributed by atoms with Crippen LogP contribution in [0.3, 0.4) is 0 Å². The van der Waals surface area contributed by atoms with Gasteiger partial charge >= 0.3 is 0 Å². The third-order valence-corrected chi connectivity index (χ3v) is 6.54. The van der Waals surface area contributed by atoms with Crippen LogP contribution in [-0.2, 0) is 6.54 Å². The minimum Gasteiger partial charge on any atom is -0.496 e. The third-order valence-electron chi connectivity index (χ3n) is 4.59. The Kier molecular flexibility index (Phi) is 6.60. The molecule has 4 aromatic rings. The number of nitrogens with one attached hydrogen (secondary N) is 2. The van der Waals surface area contributed by atoms with Crippen LogP contribution in [0.2, 0.25) is 0 Å². The molecule has 0 fully saturated rings. The predicted molar refractivity (Wildman–Crippen MR) is 133 cm³/mol. The van der Waals surface area contributed by atoms with Crippen molar-refractivity contribution < 1.29 is 9.53 Å². The number of carbonyl (C=O) groups is 1. The van der Waals surface area contributed by atoms with Gasteiger partial charge in [-0.05, 0) is 64.0 Å². The summed E-state index contributed by atoms with van der Waals surface area (Å²) >= 11 is 10.3. The summed E-state index contributed by atoms with van der Waals surface area (Å²) in [6.45, 7) is 0.506. The van der Waals surface area contributed by atoms with E-state index in [0.29, 0.717) is 22.3 Å². The highest BCUT2D eigenvalue weighted by Crippen LogP contribution is 2.30. The maximum Gasteiger partial charge on any atom is 0.257 e. The van der Waals surface area contributed by atoms with Crippen LogP contribution in [0.5, 0.6) is 5.75 Å². The van der Waals surface area contributed by atoms with Gasteiger partial charge in [-0.25, -0.2) is 4.98 Å². The fourth-order valence-corrected chi connectivity index (χ4v) is 4.65. The normalized spacial score (nSPS) is 10.6. The van der Waals surface area contributed by atoms with Gasteiger partial charge in [-0.2, -0.15) is 0 Å². The molecule has 0 aliphatic carbocycles. The predicted octanol–water partition coefficient (Wildman–Crippen LogP) is 5.54. The average molecular weight is 512 g/mol. The summed E-state index contributed by atoms with van der Waals surface area (Å²) in [4.78, 5) is 17.1. The minimum absolute atomic E-state index is 0.271. The molecule has 0 atom stereocenters. The molecule has 0 unspecified atom stereocenters. The zero-order valence-corrected chi connectivity index (χ0v) is 19.7. The second-order valence-corrected chi connectivity index (χ2v) is 8.96. The number of para-hydroxylation sites is 1. The molecule has 0 aliphatic heterocycles. The van der Waals surface area contributed by atoms with Gasteiger partial charge < -0.3 is 10.1 Å². The number of hydrogen-bond donors (Lipinski definition) is 2. The molecule has 1 aromatic heterocycles. The molecule has 1 amide bonds. The SMILES string of the molecule is COc1ccc(C(=O)NC(=S)NCc2ccc(-c3nc4ccccc4s3)cc2)cc1Br. The Labute approximate surface area is 197 Å². The van der Waals surface area contributed by atoms with E-state index in [1.54, 1.807) is 36.6 Å². The molecule has 31 heavy (non-hydrogen) atoms. The van der Waals surface area contributed by atoms with Crippen molar-refractivity contribution in [2.24, 2.45) is 0 Å². The Morgan fingerprint density at radius 2 is 1.90 bits per heavy atom. The van der Waals surface area contributed by atoms with Crippen molar-refractivity contribution in [2.75, 3.05) is 7.11 Å². The molecule has 0 saturated carbocycles. The number of nitrogens with zero attached hydrogens (tertiary/aromatic N) is 1. The van der Waals surface area contributed by atoms with Crippen molar-refractivity contribution in [1.29, 1.82) is 0 Å². The number of thiazole rings is 1. The Morgan fingerprint density at radius 3 is 2.61 bits per heavy atom. The van der Waals surface area contributed by atoms with Crippen molar-refractivity contribution in [1.82, 2.24) is 15.6 Å². The summed E-state index contributed by atoms with van der Waals surface area (Å²) in [5, 5.41) is 7.03. The Morgan fingerprint density at radius 1 is 1.13 bits per heavy atom. The molecular formula is C23H18BrN3O2S2. The van der Waals surface area contributed by atoms with Gasteiger partial charge in [-0.3, -0.25) is 10.1 Å². The van der Waals surface area contributed by atoms with E-state index in [0.717, 1.165) is 21.7 Å². The van der Waals surface area contributed by atoms with Crippen LogP contribution in [-0.4, -0.2) is 23.1 Å². The number of amides is 1. The molecule has 2 N–H and O–H groups in total. The number of halogens is 1. The smallest absolute Gasteiger partial charge is 0.257 e. The van der Waals surface area contributed by atoms with Crippen molar-refractivity contribution in [3.05, 3.63) is 82.3 Å². The van der Waals surface area contributed by atoms with E-state index in [4.69, 9.17) is 17.0 Å². The molecule has 0 aliphatic rings. The summed E-state index contributed by atoms with van der Waals surface area (Å²) in [6, 6.07) is 21.4. The lowest BCUT2D eigenvalue weighted by Crippen LogP contribution is -2.38. The van der Waals surface area contributed by atoms with Gasteiger partial charge in [0.2, 0.25) is 0 Å². The van der Waals surface area contributed by atoms with Crippen LogP contribution >= 0.6 is 39.5 Å². The van der Waals surface area contributed by atoms with E-state index in [2.05, 4.69) is 37.6 Å². The number of thiocarbonyl (C=S) groups is 1. The largest absolute Gasteiger partial charge is 0.496 e. The van der Waals surface area contributed by atoms with Gasteiger partial charge in [-0.1, -0.05) is 36.4 Å². The second kappa shape index (κ2) is 9.55. The first-order chi connectivity index (χ1) is 15.0. The van der Waals surface area contributed by atoms with Crippen molar-refractivity contribution >= 4 is 60.7 Å². The Balaban J connectivity index is 1.34. The summed E-state index contributed by atoms with van der Waals surface area (Å²) in [5.41, 5.74) is 3.62. The molecule has 3 aromatic carbocycles. The molecule has 0 spiro atoms. The first kappa shape index (κ1) is 21.4. The number of rotatable bonds is 5. The Bertz CT molecular complexity index is 1220. The van der Waals surface area contributed by atoms with Crippen LogP contribution < -0.4 is 15.4 Å². The van der Waals surface area contributed by atoms with Crippen LogP contribution in [0.25, 0.3) is 20.8 Å². The van der Waals surface area contributed by atoms with Crippen molar-refractivity contribution in [3.63, 3.8) is 0 Å². The number of fused-ring (bicyclic) bond motifs is 1. The number of hydrogen-bond acceptors (Lipinski definition) is 5. The van der Waals surface area contributed by atoms with Crippen LogP contribution in [0.15, 0.2) is 71.2 Å². The van der Waals surface area contributed by atoms with Gasteiger partial charge in [0.05, 0.1) is 21.8 Å². The quantitative estimate of drug-likeness (QED) is 0.344. The van der Waals surface area contributed by atoms with E-state index in [-0.39, 0.29) is 11.0 Å². The summed E-state index contributed by atoms with van der Waals surface area (Å²) in [5.74, 6) is 0.374. The summed E-state index contributed by atoms with van der Waals surface area (Å²) in [7, 11) is 1.57. The lowest BCUT2D eigenvalue weighted by molar-refractivity contribution is 0.0976. The molecule has 0 saturated heterocycles. The maximum atomic E-state index is 12.4. The van der Waals surface area contributed by atoms with Crippen molar-refractivity contribution in [2.45, 2.75) is 6.54 Å². The molecule has 1 heterocycles. The second-order valence-electron chi connectivity index (χ2n) is 6.67. The monoisotopic (exact) mass is 511 g/mol. The third kappa shape index (κ3) is 5.10.